The van der Waals surface area contributed by atoms with E-state index in [9.17, 15) is 9.59 Å². The van der Waals surface area contributed by atoms with Crippen molar-refractivity contribution in [3.8, 4) is 0 Å². The highest BCUT2D eigenvalue weighted by Gasteiger charge is 2.32. The van der Waals surface area contributed by atoms with E-state index < -0.39 is 0 Å². The third-order valence-corrected chi connectivity index (χ3v) is 8.07. The van der Waals surface area contributed by atoms with E-state index in [2.05, 4.69) is 56.7 Å². The van der Waals surface area contributed by atoms with Crippen LogP contribution < -0.4 is 0 Å². The number of nitrogens with zero attached hydrogens (tertiary/aromatic N) is 4. The van der Waals surface area contributed by atoms with E-state index in [0.717, 1.165) is 30.5 Å². The van der Waals surface area contributed by atoms with Gasteiger partial charge in [0.1, 0.15) is 0 Å². The molecular formula is C27H35IN4O2. The van der Waals surface area contributed by atoms with Crippen molar-refractivity contribution in [1.82, 2.24) is 19.6 Å². The van der Waals surface area contributed by atoms with Gasteiger partial charge in [0.2, 0.25) is 11.8 Å². The maximum Gasteiger partial charge on any atom is 0.236 e. The van der Waals surface area contributed by atoms with Crippen LogP contribution in [0, 0.1) is 5.92 Å². The van der Waals surface area contributed by atoms with Crippen LogP contribution in [0.3, 0.4) is 0 Å². The summed E-state index contributed by atoms with van der Waals surface area (Å²) in [5, 5.41) is 0. The SMILES string of the molecule is CN(CC(=O)N1CCN(C(=O)C2CCN(CI)CC2)CC1)C(c1ccccc1)c1ccccc1. The van der Waals surface area contributed by atoms with Crippen LogP contribution in [0.1, 0.15) is 30.0 Å². The lowest BCUT2D eigenvalue weighted by molar-refractivity contribution is -0.143. The number of halogens is 1. The van der Waals surface area contributed by atoms with Gasteiger partial charge in [0.05, 0.1) is 17.1 Å². The Morgan fingerprint density at radius 1 is 0.853 bits per heavy atom. The maximum absolute atomic E-state index is 13.2. The molecule has 2 heterocycles. The monoisotopic (exact) mass is 574 g/mol. The molecule has 0 N–H and O–H groups in total. The Morgan fingerprint density at radius 3 is 1.85 bits per heavy atom. The van der Waals surface area contributed by atoms with Gasteiger partial charge in [0, 0.05) is 32.1 Å². The Kier molecular flexibility index (Phi) is 8.97. The first-order valence-electron chi connectivity index (χ1n) is 12.2. The maximum atomic E-state index is 13.2. The van der Waals surface area contributed by atoms with Crippen molar-refractivity contribution in [1.29, 1.82) is 0 Å². The van der Waals surface area contributed by atoms with E-state index in [1.54, 1.807) is 0 Å². The second-order valence-electron chi connectivity index (χ2n) is 9.36. The summed E-state index contributed by atoms with van der Waals surface area (Å²) < 4.78 is 1.03. The van der Waals surface area contributed by atoms with Gasteiger partial charge in [-0.3, -0.25) is 19.4 Å². The smallest absolute Gasteiger partial charge is 0.236 e. The van der Waals surface area contributed by atoms with Gasteiger partial charge in [-0.05, 0) is 44.1 Å². The Balaban J connectivity index is 1.33. The number of hydrogen-bond donors (Lipinski definition) is 0. The zero-order valence-electron chi connectivity index (χ0n) is 20.0. The molecule has 0 atom stereocenters. The number of amides is 2. The van der Waals surface area contributed by atoms with Crippen LogP contribution in [0.4, 0.5) is 0 Å². The minimum absolute atomic E-state index is 0.0163. The number of piperidine rings is 1. The molecule has 182 valence electrons. The summed E-state index contributed by atoms with van der Waals surface area (Å²) in [6, 6.07) is 20.7. The van der Waals surface area contributed by atoms with E-state index in [0.29, 0.717) is 32.7 Å². The third-order valence-electron chi connectivity index (χ3n) is 7.11. The molecule has 0 aromatic heterocycles. The van der Waals surface area contributed by atoms with Crippen molar-refractivity contribution in [2.75, 3.05) is 57.4 Å². The number of benzene rings is 2. The van der Waals surface area contributed by atoms with Crippen LogP contribution in [0.25, 0.3) is 0 Å². The Morgan fingerprint density at radius 2 is 1.35 bits per heavy atom. The van der Waals surface area contributed by atoms with Gasteiger partial charge in [0.15, 0.2) is 0 Å². The van der Waals surface area contributed by atoms with Crippen molar-refractivity contribution < 1.29 is 9.59 Å². The first kappa shape index (κ1) is 25.1. The molecule has 6 nitrogen and oxygen atoms in total. The Hall–Kier alpha value is -1.97. The van der Waals surface area contributed by atoms with Crippen molar-refractivity contribution in [3.05, 3.63) is 71.8 Å². The summed E-state index contributed by atoms with van der Waals surface area (Å²) in [7, 11) is 2.02. The summed E-state index contributed by atoms with van der Waals surface area (Å²) in [5.74, 6) is 0.553. The van der Waals surface area contributed by atoms with Gasteiger partial charge < -0.3 is 9.80 Å². The van der Waals surface area contributed by atoms with E-state index >= 15 is 0 Å². The van der Waals surface area contributed by atoms with Crippen molar-refractivity contribution in [2.45, 2.75) is 18.9 Å². The van der Waals surface area contributed by atoms with Gasteiger partial charge >= 0.3 is 0 Å². The third kappa shape index (κ3) is 6.17. The predicted molar refractivity (Wildman–Crippen MR) is 144 cm³/mol. The lowest BCUT2D eigenvalue weighted by atomic mass is 9.95. The molecule has 0 aliphatic carbocycles. The van der Waals surface area contributed by atoms with Crippen LogP contribution in [0.5, 0.6) is 0 Å². The molecule has 0 spiro atoms. The number of carbonyl (C=O) groups is 2. The Labute approximate surface area is 217 Å². The summed E-state index contributed by atoms with van der Waals surface area (Å²) in [6.07, 6.45) is 1.90. The number of alkyl halides is 1. The van der Waals surface area contributed by atoms with Gasteiger partial charge in [0.25, 0.3) is 0 Å². The lowest BCUT2D eigenvalue weighted by Crippen LogP contribution is -2.54. The molecular weight excluding hydrogens is 539 g/mol. The average molecular weight is 575 g/mol. The highest BCUT2D eigenvalue weighted by atomic mass is 127. The molecule has 4 rings (SSSR count). The molecule has 2 aliphatic rings. The molecule has 2 saturated heterocycles. The number of piperazine rings is 1. The van der Waals surface area contributed by atoms with Crippen LogP contribution in [-0.4, -0.2) is 88.8 Å². The molecule has 2 aromatic rings. The molecule has 2 fully saturated rings. The van der Waals surface area contributed by atoms with E-state index in [1.165, 1.54) is 11.1 Å². The first-order valence-corrected chi connectivity index (χ1v) is 13.7. The fourth-order valence-corrected chi connectivity index (χ4v) is 5.79. The van der Waals surface area contributed by atoms with Crippen molar-refractivity contribution >= 4 is 34.4 Å². The van der Waals surface area contributed by atoms with Gasteiger partial charge in [-0.25, -0.2) is 0 Å². The zero-order valence-corrected chi connectivity index (χ0v) is 22.1. The van der Waals surface area contributed by atoms with Gasteiger partial charge in [-0.1, -0.05) is 83.3 Å². The second-order valence-corrected chi connectivity index (χ2v) is 10.0. The molecule has 0 saturated carbocycles. The normalized spacial score (nSPS) is 18.0. The van der Waals surface area contributed by atoms with E-state index in [4.69, 9.17) is 0 Å². The van der Waals surface area contributed by atoms with Crippen molar-refractivity contribution in [3.63, 3.8) is 0 Å². The van der Waals surface area contributed by atoms with Crippen LogP contribution in [-0.2, 0) is 9.59 Å². The topological polar surface area (TPSA) is 47.1 Å². The highest BCUT2D eigenvalue weighted by Crippen LogP contribution is 2.27. The molecule has 0 unspecified atom stereocenters. The first-order chi connectivity index (χ1) is 16.6. The fourth-order valence-electron chi connectivity index (χ4n) is 5.11. The van der Waals surface area contributed by atoms with E-state index in [-0.39, 0.29) is 23.8 Å². The molecule has 0 bridgehead atoms. The standard InChI is InChI=1S/C27H35IN4O2/c1-29(26(22-8-4-2-5-9-22)23-10-6-3-7-11-23)20-25(33)31-16-18-32(19-17-31)27(34)24-12-14-30(21-28)15-13-24/h2-11,24,26H,12-21H2,1H3. The number of likely N-dealkylation sites (N-methyl/N-ethyl adjacent to an activating group) is 1. The minimum Gasteiger partial charge on any atom is -0.339 e. The number of hydrogen-bond acceptors (Lipinski definition) is 4. The lowest BCUT2D eigenvalue weighted by Gasteiger charge is -2.39. The molecule has 34 heavy (non-hydrogen) atoms. The van der Waals surface area contributed by atoms with Crippen LogP contribution in [0.2, 0.25) is 0 Å². The highest BCUT2D eigenvalue weighted by molar-refractivity contribution is 14.1. The second kappa shape index (κ2) is 12.1. The van der Waals surface area contributed by atoms with Crippen LogP contribution in [0.15, 0.2) is 60.7 Å². The molecule has 0 radical (unpaired) electrons. The summed E-state index contributed by atoms with van der Waals surface area (Å²) in [4.78, 5) is 34.6. The minimum atomic E-state index is 0.0163. The average Bonchev–Trinajstić information content (AvgIpc) is 2.90. The zero-order chi connectivity index (χ0) is 23.9. The molecule has 2 aromatic carbocycles. The largest absolute Gasteiger partial charge is 0.339 e. The van der Waals surface area contributed by atoms with E-state index in [1.807, 2.05) is 53.2 Å². The summed E-state index contributed by atoms with van der Waals surface area (Å²) in [5.41, 5.74) is 2.35. The Bertz CT molecular complexity index is 887. The van der Waals surface area contributed by atoms with Gasteiger partial charge in [-0.2, -0.15) is 0 Å². The fraction of sp³-hybridized carbons (Fsp3) is 0.481. The quantitative estimate of drug-likeness (QED) is 0.289. The predicted octanol–water partition coefficient (Wildman–Crippen LogP) is 3.48. The number of likely N-dealkylation sites (tertiary alicyclic amines) is 1. The molecule has 2 amide bonds. The van der Waals surface area contributed by atoms with Crippen molar-refractivity contribution in [2.24, 2.45) is 5.92 Å². The number of carbonyl (C=O) groups excluding carboxylic acids is 2. The van der Waals surface area contributed by atoms with Crippen LogP contribution >= 0.6 is 22.6 Å². The molecule has 2 aliphatic heterocycles. The summed E-state index contributed by atoms with van der Waals surface area (Å²) >= 11 is 2.39. The summed E-state index contributed by atoms with van der Waals surface area (Å²) in [6.45, 7) is 4.88. The van der Waals surface area contributed by atoms with Gasteiger partial charge in [-0.15, -0.1) is 0 Å². The molecule has 7 heteroatoms. The number of rotatable bonds is 7.